The van der Waals surface area contributed by atoms with Gasteiger partial charge in [0.15, 0.2) is 5.76 Å². The Morgan fingerprint density at radius 3 is 2.73 bits per heavy atom. The lowest BCUT2D eigenvalue weighted by Crippen LogP contribution is -2.24. The van der Waals surface area contributed by atoms with Crippen molar-refractivity contribution in [1.82, 2.24) is 35.4 Å². The van der Waals surface area contributed by atoms with Gasteiger partial charge in [-0.1, -0.05) is 18.2 Å². The van der Waals surface area contributed by atoms with Crippen LogP contribution in [0, 0.1) is 0 Å². The van der Waals surface area contributed by atoms with E-state index in [9.17, 15) is 4.79 Å². The van der Waals surface area contributed by atoms with Crippen LogP contribution in [0.2, 0.25) is 0 Å². The van der Waals surface area contributed by atoms with Crippen molar-refractivity contribution in [2.75, 3.05) is 18.8 Å². The van der Waals surface area contributed by atoms with Crippen LogP contribution in [0.4, 0.5) is 5.95 Å². The van der Waals surface area contributed by atoms with Crippen LogP contribution in [0.3, 0.4) is 0 Å². The van der Waals surface area contributed by atoms with Crippen LogP contribution in [0.5, 0.6) is 0 Å². The van der Waals surface area contributed by atoms with Crippen molar-refractivity contribution in [1.29, 1.82) is 0 Å². The normalized spacial score (nSPS) is 11.1. The van der Waals surface area contributed by atoms with E-state index in [2.05, 4.69) is 25.4 Å². The fourth-order valence-corrected chi connectivity index (χ4v) is 3.04. The number of hydrogen-bond donors (Lipinski definition) is 4. The topological polar surface area (TPSA) is 156 Å². The molecule has 11 heteroatoms. The zero-order chi connectivity index (χ0) is 20.9. The summed E-state index contributed by atoms with van der Waals surface area (Å²) in [6, 6.07) is 10.6. The highest BCUT2D eigenvalue weighted by molar-refractivity contribution is 5.94. The quantitative estimate of drug-likeness (QED) is 0.188. The molecule has 0 saturated carbocycles. The first-order valence-corrected chi connectivity index (χ1v) is 9.32. The van der Waals surface area contributed by atoms with Gasteiger partial charge in [-0.15, -0.1) is 5.10 Å². The molecule has 4 rings (SSSR count). The second-order valence-corrected chi connectivity index (χ2v) is 6.47. The molecule has 1 aromatic carbocycles. The van der Waals surface area contributed by atoms with E-state index >= 15 is 0 Å². The highest BCUT2D eigenvalue weighted by Crippen LogP contribution is 2.17. The summed E-state index contributed by atoms with van der Waals surface area (Å²) in [6.07, 6.45) is 2.71. The monoisotopic (exact) mass is 408 g/mol. The van der Waals surface area contributed by atoms with Crippen molar-refractivity contribution in [2.24, 2.45) is 0 Å². The molecule has 3 aromatic heterocycles. The highest BCUT2D eigenvalue weighted by Gasteiger charge is 2.14. The average molecular weight is 408 g/mol. The lowest BCUT2D eigenvalue weighted by Gasteiger charge is -2.09. The molecular formula is C19H20N8O3. The number of carbonyl (C=O) groups is 1. The first kappa shape index (κ1) is 19.5. The summed E-state index contributed by atoms with van der Waals surface area (Å²) in [5, 5.41) is 16.4. The van der Waals surface area contributed by atoms with Crippen LogP contribution in [0.1, 0.15) is 21.7 Å². The molecule has 5 N–H and O–H groups in total. The number of aromatic nitrogens is 5. The Bertz CT molecular complexity index is 1160. The lowest BCUT2D eigenvalue weighted by molar-refractivity contribution is 0.0705. The SMILES string of the molecule is Nc1nc(CCNCCc2ccccc2C(=O)NO)nc2nc(-c3ccco3)nn12. The van der Waals surface area contributed by atoms with Crippen molar-refractivity contribution in [3.05, 3.63) is 59.6 Å². The zero-order valence-corrected chi connectivity index (χ0v) is 15.9. The molecule has 0 fully saturated rings. The Hall–Kier alpha value is -3.83. The Morgan fingerprint density at radius 2 is 1.93 bits per heavy atom. The van der Waals surface area contributed by atoms with E-state index < -0.39 is 5.91 Å². The number of nitrogens with zero attached hydrogens (tertiary/aromatic N) is 5. The van der Waals surface area contributed by atoms with E-state index in [4.69, 9.17) is 15.4 Å². The molecule has 0 aliphatic rings. The van der Waals surface area contributed by atoms with Gasteiger partial charge in [0.05, 0.1) is 6.26 Å². The van der Waals surface area contributed by atoms with Crippen LogP contribution < -0.4 is 16.5 Å². The average Bonchev–Trinajstić information content (AvgIpc) is 3.43. The van der Waals surface area contributed by atoms with Crippen molar-refractivity contribution < 1.29 is 14.4 Å². The summed E-state index contributed by atoms with van der Waals surface area (Å²) in [5.74, 6) is 1.49. The molecule has 0 saturated heterocycles. The molecule has 0 radical (unpaired) electrons. The minimum atomic E-state index is -0.523. The molecular weight excluding hydrogens is 388 g/mol. The largest absolute Gasteiger partial charge is 0.461 e. The fourth-order valence-electron chi connectivity index (χ4n) is 3.04. The summed E-state index contributed by atoms with van der Waals surface area (Å²) in [5.41, 5.74) is 8.94. The van der Waals surface area contributed by atoms with E-state index in [1.54, 1.807) is 36.0 Å². The van der Waals surface area contributed by atoms with E-state index in [1.807, 2.05) is 12.1 Å². The number of furan rings is 1. The molecule has 154 valence electrons. The summed E-state index contributed by atoms with van der Waals surface area (Å²) in [6.45, 7) is 1.25. The van der Waals surface area contributed by atoms with Crippen LogP contribution >= 0.6 is 0 Å². The molecule has 11 nitrogen and oxygen atoms in total. The Labute approximate surface area is 170 Å². The summed E-state index contributed by atoms with van der Waals surface area (Å²) >= 11 is 0. The highest BCUT2D eigenvalue weighted by atomic mass is 16.5. The molecule has 1 amide bonds. The number of benzene rings is 1. The van der Waals surface area contributed by atoms with E-state index in [0.717, 1.165) is 5.56 Å². The van der Waals surface area contributed by atoms with Crippen molar-refractivity contribution >= 4 is 17.6 Å². The Kier molecular flexibility index (Phi) is 5.63. The number of nitrogen functional groups attached to an aromatic ring is 1. The Morgan fingerprint density at radius 1 is 1.10 bits per heavy atom. The van der Waals surface area contributed by atoms with Crippen molar-refractivity contribution in [3.8, 4) is 11.6 Å². The van der Waals surface area contributed by atoms with Gasteiger partial charge < -0.3 is 15.5 Å². The van der Waals surface area contributed by atoms with E-state index in [-0.39, 0.29) is 5.95 Å². The molecule has 0 spiro atoms. The smallest absolute Gasteiger partial charge is 0.274 e. The third-order valence-corrected chi connectivity index (χ3v) is 4.48. The minimum Gasteiger partial charge on any atom is -0.461 e. The van der Waals surface area contributed by atoms with Crippen molar-refractivity contribution in [2.45, 2.75) is 12.8 Å². The van der Waals surface area contributed by atoms with Crippen LogP contribution in [-0.4, -0.2) is 48.8 Å². The molecule has 0 aliphatic carbocycles. The number of carbonyl (C=O) groups excluding carboxylic acids is 1. The molecule has 0 atom stereocenters. The van der Waals surface area contributed by atoms with Crippen LogP contribution in [0.15, 0.2) is 47.1 Å². The summed E-state index contributed by atoms with van der Waals surface area (Å²) in [4.78, 5) is 24.7. The number of amides is 1. The number of nitrogens with two attached hydrogens (primary N) is 1. The third-order valence-electron chi connectivity index (χ3n) is 4.48. The predicted molar refractivity (Wildman–Crippen MR) is 107 cm³/mol. The van der Waals surface area contributed by atoms with Gasteiger partial charge >= 0.3 is 0 Å². The van der Waals surface area contributed by atoms with Crippen molar-refractivity contribution in [3.63, 3.8) is 0 Å². The molecule has 0 bridgehead atoms. The fraction of sp³-hybridized carbons (Fsp3) is 0.211. The molecule has 30 heavy (non-hydrogen) atoms. The first-order chi connectivity index (χ1) is 14.7. The van der Waals surface area contributed by atoms with E-state index in [0.29, 0.717) is 54.7 Å². The lowest BCUT2D eigenvalue weighted by atomic mass is 10.0. The number of rotatable bonds is 8. The van der Waals surface area contributed by atoms with E-state index in [1.165, 1.54) is 4.52 Å². The number of nitrogens with one attached hydrogen (secondary N) is 2. The second kappa shape index (κ2) is 8.68. The third kappa shape index (κ3) is 4.11. The van der Waals surface area contributed by atoms with Gasteiger partial charge in [-0.2, -0.15) is 19.5 Å². The van der Waals surface area contributed by atoms with Gasteiger partial charge in [-0.3, -0.25) is 10.0 Å². The Balaban J connectivity index is 1.35. The maximum Gasteiger partial charge on any atom is 0.274 e. The molecule has 0 aliphatic heterocycles. The molecule has 4 aromatic rings. The summed E-state index contributed by atoms with van der Waals surface area (Å²) in [7, 11) is 0. The van der Waals surface area contributed by atoms with Gasteiger partial charge in [-0.25, -0.2) is 5.48 Å². The minimum absolute atomic E-state index is 0.198. The van der Waals surface area contributed by atoms with Gasteiger partial charge in [0.1, 0.15) is 5.82 Å². The standard InChI is InChI=1S/C19H20N8O3/c20-18-22-15(23-19-24-16(25-27(18)19)14-6-3-11-30-14)8-10-21-9-7-12-4-1-2-5-13(12)17(28)26-29/h1-6,11,21,29H,7-10H2,(H,26,28)(H2,20,22,23,24,25). The first-order valence-electron chi connectivity index (χ1n) is 9.32. The van der Waals surface area contributed by atoms with Gasteiger partial charge in [-0.05, 0) is 36.7 Å². The predicted octanol–water partition coefficient (Wildman–Crippen LogP) is 0.855. The molecule has 3 heterocycles. The second-order valence-electron chi connectivity index (χ2n) is 6.47. The van der Waals surface area contributed by atoms with Gasteiger partial charge in [0.25, 0.3) is 11.7 Å². The number of hydroxylamine groups is 1. The van der Waals surface area contributed by atoms with Gasteiger partial charge in [0, 0.05) is 18.5 Å². The number of hydrogen-bond acceptors (Lipinski definition) is 9. The maximum atomic E-state index is 11.7. The van der Waals surface area contributed by atoms with Crippen LogP contribution in [-0.2, 0) is 12.8 Å². The number of fused-ring (bicyclic) bond motifs is 1. The number of anilines is 1. The molecule has 0 unspecified atom stereocenters. The van der Waals surface area contributed by atoms with Gasteiger partial charge in [0.2, 0.25) is 11.8 Å². The zero-order valence-electron chi connectivity index (χ0n) is 15.9. The van der Waals surface area contributed by atoms with Crippen LogP contribution in [0.25, 0.3) is 17.4 Å². The summed E-state index contributed by atoms with van der Waals surface area (Å²) < 4.78 is 6.67. The maximum absolute atomic E-state index is 11.7.